The minimum atomic E-state index is -0.00305. The van der Waals surface area contributed by atoms with Crippen molar-refractivity contribution in [2.24, 2.45) is 0 Å². The molecule has 0 aliphatic carbocycles. The third kappa shape index (κ3) is 3.40. The lowest BCUT2D eigenvalue weighted by atomic mass is 10.2. The predicted molar refractivity (Wildman–Crippen MR) is 70.3 cm³/mol. The number of rotatable bonds is 6. The van der Waals surface area contributed by atoms with E-state index in [0.29, 0.717) is 6.61 Å². The number of aromatic nitrogens is 2. The Bertz CT molecular complexity index is 366. The number of nitrogens with zero attached hydrogens (tertiary/aromatic N) is 2. The summed E-state index contributed by atoms with van der Waals surface area (Å²) in [5.74, 6) is 1.71. The molecule has 0 aromatic carbocycles. The molecule has 0 aliphatic rings. The van der Waals surface area contributed by atoms with Crippen molar-refractivity contribution in [2.75, 3.05) is 18.5 Å². The Balaban J connectivity index is 3.07. The molecule has 1 atom stereocenters. The second-order valence-corrected chi connectivity index (χ2v) is 4.02. The Kier molecular flexibility index (Phi) is 5.35. The van der Waals surface area contributed by atoms with Crippen molar-refractivity contribution in [3.05, 3.63) is 17.1 Å². The van der Waals surface area contributed by atoms with Gasteiger partial charge in [0, 0.05) is 24.4 Å². The Hall–Kier alpha value is -1.16. The molecule has 0 saturated heterocycles. The molecule has 1 aromatic heterocycles. The van der Waals surface area contributed by atoms with Gasteiger partial charge >= 0.3 is 0 Å². The monoisotopic (exact) mass is 237 g/mol. The van der Waals surface area contributed by atoms with Gasteiger partial charge in [-0.2, -0.15) is 0 Å². The van der Waals surface area contributed by atoms with Crippen molar-refractivity contribution in [2.45, 2.75) is 47.1 Å². The van der Waals surface area contributed by atoms with E-state index in [1.807, 2.05) is 20.8 Å². The molecule has 96 valence electrons. The number of anilines is 1. The second kappa shape index (κ2) is 6.55. The van der Waals surface area contributed by atoms with Gasteiger partial charge in [-0.15, -0.1) is 0 Å². The first-order valence-corrected chi connectivity index (χ1v) is 6.34. The van der Waals surface area contributed by atoms with Crippen molar-refractivity contribution >= 4 is 5.82 Å². The molecule has 0 bridgehead atoms. The molecule has 0 amide bonds. The molecule has 1 unspecified atom stereocenters. The topological polar surface area (TPSA) is 47.0 Å². The Morgan fingerprint density at radius 3 is 2.41 bits per heavy atom. The molecule has 1 N–H and O–H groups in total. The van der Waals surface area contributed by atoms with Crippen molar-refractivity contribution in [1.82, 2.24) is 9.97 Å². The van der Waals surface area contributed by atoms with Gasteiger partial charge in [0.2, 0.25) is 0 Å². The fourth-order valence-electron chi connectivity index (χ4n) is 1.71. The lowest BCUT2D eigenvalue weighted by molar-refractivity contribution is 0.0534. The maximum Gasteiger partial charge on any atom is 0.159 e. The van der Waals surface area contributed by atoms with E-state index < -0.39 is 0 Å². The molecule has 4 nitrogen and oxygen atoms in total. The molecule has 17 heavy (non-hydrogen) atoms. The van der Waals surface area contributed by atoms with Crippen LogP contribution in [-0.4, -0.2) is 23.1 Å². The smallest absolute Gasteiger partial charge is 0.159 e. The number of nitrogens with one attached hydrogen (secondary N) is 1. The molecular weight excluding hydrogens is 214 g/mol. The standard InChI is InChI=1S/C13H23N3O/c1-6-11(17-8-3)13-15-10(5)9(4)12(16-13)14-7-2/h11H,6-8H2,1-5H3,(H,14,15,16). The number of aryl methyl sites for hydroxylation is 1. The van der Waals surface area contributed by atoms with Gasteiger partial charge in [0.15, 0.2) is 5.82 Å². The van der Waals surface area contributed by atoms with E-state index in [0.717, 1.165) is 35.9 Å². The molecule has 1 aromatic rings. The van der Waals surface area contributed by atoms with Gasteiger partial charge in [-0.1, -0.05) is 6.92 Å². The zero-order valence-electron chi connectivity index (χ0n) is 11.5. The van der Waals surface area contributed by atoms with Gasteiger partial charge in [0.25, 0.3) is 0 Å². The lowest BCUT2D eigenvalue weighted by Crippen LogP contribution is -2.13. The van der Waals surface area contributed by atoms with Crippen LogP contribution in [0.25, 0.3) is 0 Å². The Labute approximate surface area is 104 Å². The summed E-state index contributed by atoms with van der Waals surface area (Å²) in [6.45, 7) is 11.8. The first kappa shape index (κ1) is 13.9. The maximum atomic E-state index is 5.65. The lowest BCUT2D eigenvalue weighted by Gasteiger charge is -2.17. The van der Waals surface area contributed by atoms with Gasteiger partial charge in [0.05, 0.1) is 0 Å². The third-order valence-electron chi connectivity index (χ3n) is 2.78. The Morgan fingerprint density at radius 1 is 1.18 bits per heavy atom. The largest absolute Gasteiger partial charge is 0.371 e. The van der Waals surface area contributed by atoms with E-state index in [4.69, 9.17) is 4.74 Å². The molecule has 0 radical (unpaired) electrons. The zero-order chi connectivity index (χ0) is 12.8. The summed E-state index contributed by atoms with van der Waals surface area (Å²) in [6, 6.07) is 0. The van der Waals surface area contributed by atoms with E-state index in [1.54, 1.807) is 0 Å². The summed E-state index contributed by atoms with van der Waals surface area (Å²) in [4.78, 5) is 9.09. The summed E-state index contributed by atoms with van der Waals surface area (Å²) in [5.41, 5.74) is 2.13. The molecule has 1 heterocycles. The van der Waals surface area contributed by atoms with E-state index in [1.165, 1.54) is 0 Å². The highest BCUT2D eigenvalue weighted by Gasteiger charge is 2.15. The first-order chi connectivity index (χ1) is 8.13. The minimum absolute atomic E-state index is 0.00305. The number of ether oxygens (including phenoxy) is 1. The van der Waals surface area contributed by atoms with Gasteiger partial charge in [-0.05, 0) is 34.1 Å². The molecule has 4 heteroatoms. The van der Waals surface area contributed by atoms with E-state index in [2.05, 4.69) is 29.1 Å². The van der Waals surface area contributed by atoms with Crippen LogP contribution < -0.4 is 5.32 Å². The van der Waals surface area contributed by atoms with Crippen LogP contribution in [0, 0.1) is 13.8 Å². The average molecular weight is 237 g/mol. The van der Waals surface area contributed by atoms with Crippen LogP contribution in [0.2, 0.25) is 0 Å². The van der Waals surface area contributed by atoms with Crippen molar-refractivity contribution in [1.29, 1.82) is 0 Å². The fraction of sp³-hybridized carbons (Fsp3) is 0.692. The summed E-state index contributed by atoms with van der Waals surface area (Å²) >= 11 is 0. The van der Waals surface area contributed by atoms with Crippen LogP contribution in [0.5, 0.6) is 0 Å². The van der Waals surface area contributed by atoms with Crippen LogP contribution >= 0.6 is 0 Å². The highest BCUT2D eigenvalue weighted by molar-refractivity contribution is 5.45. The van der Waals surface area contributed by atoms with E-state index in [-0.39, 0.29) is 6.10 Å². The molecule has 0 saturated carbocycles. The molecule has 0 spiro atoms. The summed E-state index contributed by atoms with van der Waals surface area (Å²) in [7, 11) is 0. The quantitative estimate of drug-likeness (QED) is 0.826. The van der Waals surface area contributed by atoms with E-state index in [9.17, 15) is 0 Å². The van der Waals surface area contributed by atoms with Crippen molar-refractivity contribution in [3.63, 3.8) is 0 Å². The highest BCUT2D eigenvalue weighted by atomic mass is 16.5. The normalized spacial score (nSPS) is 12.5. The van der Waals surface area contributed by atoms with Crippen molar-refractivity contribution < 1.29 is 4.74 Å². The van der Waals surface area contributed by atoms with E-state index >= 15 is 0 Å². The summed E-state index contributed by atoms with van der Waals surface area (Å²) < 4.78 is 5.65. The van der Waals surface area contributed by atoms with Crippen molar-refractivity contribution in [3.8, 4) is 0 Å². The highest BCUT2D eigenvalue weighted by Crippen LogP contribution is 2.22. The fourth-order valence-corrected chi connectivity index (χ4v) is 1.71. The third-order valence-corrected chi connectivity index (χ3v) is 2.78. The summed E-state index contributed by atoms with van der Waals surface area (Å²) in [5, 5.41) is 3.27. The van der Waals surface area contributed by atoms with Gasteiger partial charge in [-0.25, -0.2) is 9.97 Å². The molecule has 0 aliphatic heterocycles. The SMILES string of the molecule is CCNc1nc(C(CC)OCC)nc(C)c1C. The number of hydrogen-bond acceptors (Lipinski definition) is 4. The summed E-state index contributed by atoms with van der Waals surface area (Å²) in [6.07, 6.45) is 0.888. The van der Waals surface area contributed by atoms with Gasteiger partial charge < -0.3 is 10.1 Å². The first-order valence-electron chi connectivity index (χ1n) is 6.34. The van der Waals surface area contributed by atoms with Crippen LogP contribution in [0.15, 0.2) is 0 Å². The molecule has 1 rings (SSSR count). The van der Waals surface area contributed by atoms with Crippen LogP contribution in [-0.2, 0) is 4.74 Å². The van der Waals surface area contributed by atoms with Crippen LogP contribution in [0.3, 0.4) is 0 Å². The minimum Gasteiger partial charge on any atom is -0.371 e. The zero-order valence-corrected chi connectivity index (χ0v) is 11.5. The second-order valence-electron chi connectivity index (χ2n) is 4.02. The van der Waals surface area contributed by atoms with Gasteiger partial charge in [-0.3, -0.25) is 0 Å². The van der Waals surface area contributed by atoms with Crippen LogP contribution in [0.4, 0.5) is 5.82 Å². The number of hydrogen-bond donors (Lipinski definition) is 1. The van der Waals surface area contributed by atoms with Gasteiger partial charge in [0.1, 0.15) is 11.9 Å². The molecular formula is C13H23N3O. The maximum absolute atomic E-state index is 5.65. The average Bonchev–Trinajstić information content (AvgIpc) is 2.32. The van der Waals surface area contributed by atoms with Crippen LogP contribution in [0.1, 0.15) is 50.4 Å². The Morgan fingerprint density at radius 2 is 1.88 bits per heavy atom. The molecule has 0 fully saturated rings. The predicted octanol–water partition coefficient (Wildman–Crippen LogP) is 3.01.